The quantitative estimate of drug-likeness (QED) is 0.290. The summed E-state index contributed by atoms with van der Waals surface area (Å²) in [7, 11) is 0. The SMILES string of the molecule is CCC1(C)Cc2c(sc3nc(SC)nc(SCC(=O)Nc4cccc(C)c4)c23)CO1. The molecule has 30 heavy (non-hydrogen) atoms. The molecule has 0 saturated heterocycles. The first kappa shape index (κ1) is 21.6. The summed E-state index contributed by atoms with van der Waals surface area (Å²) < 4.78 is 6.13. The minimum absolute atomic E-state index is 0.0334. The smallest absolute Gasteiger partial charge is 0.234 e. The standard InChI is InChI=1S/C22H25N3O2S3/c1-5-22(3)10-15-16(11-27-22)30-20-18(15)19(24-21(25-20)28-4)29-12-17(26)23-14-8-6-7-13(2)9-14/h6-9H,5,10-12H2,1-4H3,(H,23,26). The Hall–Kier alpha value is -1.61. The highest BCUT2D eigenvalue weighted by atomic mass is 32.2. The fraction of sp³-hybridized carbons (Fsp3) is 0.409. The Morgan fingerprint density at radius 3 is 2.93 bits per heavy atom. The molecular formula is C22H25N3O2S3. The van der Waals surface area contributed by atoms with Crippen LogP contribution < -0.4 is 5.32 Å². The van der Waals surface area contributed by atoms with E-state index in [4.69, 9.17) is 14.7 Å². The van der Waals surface area contributed by atoms with E-state index >= 15 is 0 Å². The Morgan fingerprint density at radius 2 is 2.20 bits per heavy atom. The van der Waals surface area contributed by atoms with Crippen molar-refractivity contribution in [2.24, 2.45) is 0 Å². The van der Waals surface area contributed by atoms with Crippen LogP contribution in [0, 0.1) is 6.92 Å². The van der Waals surface area contributed by atoms with Crippen molar-refractivity contribution in [3.8, 4) is 0 Å². The van der Waals surface area contributed by atoms with E-state index in [-0.39, 0.29) is 11.5 Å². The first-order chi connectivity index (χ1) is 14.4. The van der Waals surface area contributed by atoms with Crippen molar-refractivity contribution < 1.29 is 9.53 Å². The molecule has 4 rings (SSSR count). The first-order valence-electron chi connectivity index (χ1n) is 9.90. The number of rotatable bonds is 6. The average molecular weight is 460 g/mol. The third-order valence-corrected chi connectivity index (χ3v) is 7.98. The number of thiophene rings is 1. The van der Waals surface area contributed by atoms with Gasteiger partial charge in [0.25, 0.3) is 0 Å². The monoisotopic (exact) mass is 459 g/mol. The van der Waals surface area contributed by atoms with Crippen molar-refractivity contribution in [1.82, 2.24) is 9.97 Å². The fourth-order valence-corrected chi connectivity index (χ4v) is 6.00. The second-order valence-electron chi connectivity index (χ2n) is 7.67. The second-order valence-corrected chi connectivity index (χ2v) is 10.5. The van der Waals surface area contributed by atoms with Gasteiger partial charge in [-0.05, 0) is 49.8 Å². The van der Waals surface area contributed by atoms with Crippen LogP contribution in [0.4, 0.5) is 5.69 Å². The Labute approximate surface area is 189 Å². The lowest BCUT2D eigenvalue weighted by Gasteiger charge is -2.33. The molecule has 3 aromatic rings. The Morgan fingerprint density at radius 1 is 1.37 bits per heavy atom. The molecule has 1 aliphatic heterocycles. The highest BCUT2D eigenvalue weighted by Gasteiger charge is 2.33. The largest absolute Gasteiger partial charge is 0.369 e. The van der Waals surface area contributed by atoms with Gasteiger partial charge in [-0.1, -0.05) is 42.6 Å². The van der Waals surface area contributed by atoms with Gasteiger partial charge < -0.3 is 10.1 Å². The number of thioether (sulfide) groups is 2. The van der Waals surface area contributed by atoms with Crippen LogP contribution in [0.2, 0.25) is 0 Å². The normalized spacial score (nSPS) is 18.4. The number of fused-ring (bicyclic) bond motifs is 3. The van der Waals surface area contributed by atoms with Crippen molar-refractivity contribution in [2.45, 2.75) is 56.0 Å². The minimum atomic E-state index is -0.163. The number of carbonyl (C=O) groups excluding carboxylic acids is 1. The van der Waals surface area contributed by atoms with E-state index in [9.17, 15) is 4.79 Å². The molecular weight excluding hydrogens is 434 g/mol. The lowest BCUT2D eigenvalue weighted by atomic mass is 9.90. The van der Waals surface area contributed by atoms with Gasteiger partial charge >= 0.3 is 0 Å². The van der Waals surface area contributed by atoms with Crippen LogP contribution in [0.25, 0.3) is 10.2 Å². The number of anilines is 1. The number of ether oxygens (including phenoxy) is 1. The molecule has 1 unspecified atom stereocenters. The number of benzene rings is 1. The lowest BCUT2D eigenvalue weighted by molar-refractivity contribution is -0.113. The third kappa shape index (κ3) is 4.51. The lowest BCUT2D eigenvalue weighted by Crippen LogP contribution is -2.33. The molecule has 0 radical (unpaired) electrons. The summed E-state index contributed by atoms with van der Waals surface area (Å²) in [5.41, 5.74) is 3.07. The molecule has 0 bridgehead atoms. The van der Waals surface area contributed by atoms with Crippen molar-refractivity contribution in [3.05, 3.63) is 40.3 Å². The summed E-state index contributed by atoms with van der Waals surface area (Å²) in [6.45, 7) is 6.96. The molecule has 3 heterocycles. The van der Waals surface area contributed by atoms with Gasteiger partial charge in [0, 0.05) is 22.4 Å². The molecule has 0 spiro atoms. The van der Waals surface area contributed by atoms with E-state index in [0.29, 0.717) is 12.4 Å². The van der Waals surface area contributed by atoms with Gasteiger partial charge in [-0.25, -0.2) is 9.97 Å². The number of carbonyl (C=O) groups is 1. The van der Waals surface area contributed by atoms with Crippen LogP contribution in [0.15, 0.2) is 34.4 Å². The van der Waals surface area contributed by atoms with E-state index in [2.05, 4.69) is 19.2 Å². The Balaban J connectivity index is 1.61. The summed E-state index contributed by atoms with van der Waals surface area (Å²) in [5, 5.41) is 5.71. The van der Waals surface area contributed by atoms with Crippen LogP contribution in [0.3, 0.4) is 0 Å². The topological polar surface area (TPSA) is 64.1 Å². The number of hydrogen-bond donors (Lipinski definition) is 1. The zero-order valence-electron chi connectivity index (χ0n) is 17.6. The second kappa shape index (κ2) is 8.86. The highest BCUT2D eigenvalue weighted by molar-refractivity contribution is 8.00. The van der Waals surface area contributed by atoms with E-state index < -0.39 is 0 Å². The molecule has 2 aromatic heterocycles. The van der Waals surface area contributed by atoms with Crippen molar-refractivity contribution in [2.75, 3.05) is 17.3 Å². The van der Waals surface area contributed by atoms with Gasteiger partial charge in [0.1, 0.15) is 9.86 Å². The van der Waals surface area contributed by atoms with E-state index in [1.54, 1.807) is 11.3 Å². The number of nitrogens with one attached hydrogen (secondary N) is 1. The molecule has 5 nitrogen and oxygen atoms in total. The molecule has 1 N–H and O–H groups in total. The van der Waals surface area contributed by atoms with Crippen LogP contribution >= 0.6 is 34.9 Å². The van der Waals surface area contributed by atoms with Gasteiger partial charge in [0.15, 0.2) is 5.16 Å². The molecule has 1 amide bonds. The number of amides is 1. The number of hydrogen-bond acceptors (Lipinski definition) is 7. The molecule has 8 heteroatoms. The molecule has 1 aliphatic rings. The molecule has 0 saturated carbocycles. The number of nitrogens with zero attached hydrogens (tertiary/aromatic N) is 2. The van der Waals surface area contributed by atoms with Gasteiger partial charge in [-0.2, -0.15) is 0 Å². The van der Waals surface area contributed by atoms with E-state index in [1.165, 1.54) is 34.0 Å². The van der Waals surface area contributed by atoms with Gasteiger partial charge in [-0.15, -0.1) is 11.3 Å². The van der Waals surface area contributed by atoms with Crippen molar-refractivity contribution in [1.29, 1.82) is 0 Å². The van der Waals surface area contributed by atoms with Crippen molar-refractivity contribution >= 4 is 56.7 Å². The molecule has 0 fully saturated rings. The first-order valence-corrected chi connectivity index (χ1v) is 12.9. The summed E-state index contributed by atoms with van der Waals surface area (Å²) in [6, 6.07) is 7.84. The van der Waals surface area contributed by atoms with E-state index in [1.807, 2.05) is 37.4 Å². The summed E-state index contributed by atoms with van der Waals surface area (Å²) in [5.74, 6) is 0.272. The van der Waals surface area contributed by atoms with Crippen molar-refractivity contribution in [3.63, 3.8) is 0 Å². The Kier molecular flexibility index (Phi) is 6.39. The fourth-order valence-electron chi connectivity index (χ4n) is 3.50. The zero-order chi connectivity index (χ0) is 21.3. The minimum Gasteiger partial charge on any atom is -0.369 e. The Bertz CT molecular complexity index is 1100. The van der Waals surface area contributed by atoms with Crippen LogP contribution in [0.5, 0.6) is 0 Å². The summed E-state index contributed by atoms with van der Waals surface area (Å²) in [6.07, 6.45) is 3.78. The maximum Gasteiger partial charge on any atom is 0.234 e. The number of aryl methyl sites for hydroxylation is 1. The molecule has 158 valence electrons. The zero-order valence-corrected chi connectivity index (χ0v) is 20.0. The van der Waals surface area contributed by atoms with Gasteiger partial charge in [-0.3, -0.25) is 4.79 Å². The maximum atomic E-state index is 12.6. The van der Waals surface area contributed by atoms with Crippen LogP contribution in [-0.4, -0.2) is 33.5 Å². The van der Waals surface area contributed by atoms with Crippen LogP contribution in [0.1, 0.15) is 36.3 Å². The third-order valence-electron chi connectivity index (χ3n) is 5.36. The average Bonchev–Trinajstić information content (AvgIpc) is 3.09. The summed E-state index contributed by atoms with van der Waals surface area (Å²) >= 11 is 4.70. The van der Waals surface area contributed by atoms with Gasteiger partial charge in [0.05, 0.1) is 18.0 Å². The molecule has 1 aromatic carbocycles. The number of aromatic nitrogens is 2. The van der Waals surface area contributed by atoms with Gasteiger partial charge in [0.2, 0.25) is 5.91 Å². The van der Waals surface area contributed by atoms with Crippen LogP contribution in [-0.2, 0) is 22.6 Å². The molecule has 1 atom stereocenters. The highest BCUT2D eigenvalue weighted by Crippen LogP contribution is 2.43. The summed E-state index contributed by atoms with van der Waals surface area (Å²) in [4.78, 5) is 24.3. The predicted molar refractivity (Wildman–Crippen MR) is 127 cm³/mol. The maximum absolute atomic E-state index is 12.6. The predicted octanol–water partition coefficient (Wildman–Crippen LogP) is 5.69. The molecule has 0 aliphatic carbocycles. The van der Waals surface area contributed by atoms with E-state index in [0.717, 1.165) is 44.5 Å².